The largest absolute Gasteiger partial charge is 0.519 e. The third-order valence-electron chi connectivity index (χ3n) is 10.9. The minimum atomic E-state index is -0.832. The van der Waals surface area contributed by atoms with Gasteiger partial charge in [-0.1, -0.05) is 146 Å². The normalized spacial score (nSPS) is 11.4. The van der Waals surface area contributed by atoms with Crippen molar-refractivity contribution in [2.75, 3.05) is 0 Å². The van der Waals surface area contributed by atoms with Gasteiger partial charge in [-0.05, 0) is 103 Å². The van der Waals surface area contributed by atoms with Crippen molar-refractivity contribution in [3.63, 3.8) is 0 Å². The molecule has 0 aromatic heterocycles. The number of carbonyl (C=O) groups is 2. The van der Waals surface area contributed by atoms with Crippen molar-refractivity contribution >= 4 is 76.9 Å². The van der Waals surface area contributed by atoms with E-state index in [0.717, 1.165) is 86.9 Å². The van der Waals surface area contributed by atoms with E-state index in [9.17, 15) is 9.59 Å². The fraction of sp³-hybridized carbons (Fsp3) is 0.0385. The molecular weight excluding hydrogens is 721 g/mol. The first-order valence-corrected chi connectivity index (χ1v) is 19.1. The molecule has 10 aromatic rings. The summed E-state index contributed by atoms with van der Waals surface area (Å²) in [6, 6.07) is 54.9. The molecule has 10 aromatic carbocycles. The summed E-state index contributed by atoms with van der Waals surface area (Å²) in [5, 5.41) is 10.6. The Morgan fingerprint density at radius 3 is 1.14 bits per heavy atom. The van der Waals surface area contributed by atoms with Gasteiger partial charge < -0.3 is 18.9 Å². The van der Waals surface area contributed by atoms with Gasteiger partial charge >= 0.3 is 12.3 Å². The number of fused-ring (bicyclic) bond motifs is 6. The van der Waals surface area contributed by atoms with Gasteiger partial charge in [-0.3, -0.25) is 0 Å². The van der Waals surface area contributed by atoms with E-state index in [1.807, 2.05) is 147 Å². The SMILES string of the molecule is Cc1cccc2c(-c3c4ccccc4c(OC(=O)Oc4ccc5ccccc5c4)c4c(C)cccc34)c3ccccc3c(OC(=O)Oc3ccc4ccccc4c3)c12. The second kappa shape index (κ2) is 14.1. The van der Waals surface area contributed by atoms with Crippen LogP contribution in [-0.4, -0.2) is 12.3 Å². The number of aryl methyl sites for hydroxylation is 2. The number of hydrogen-bond donors (Lipinski definition) is 0. The highest BCUT2D eigenvalue weighted by Gasteiger charge is 2.26. The van der Waals surface area contributed by atoms with Crippen molar-refractivity contribution < 1.29 is 28.5 Å². The van der Waals surface area contributed by atoms with Crippen molar-refractivity contribution in [3.8, 4) is 34.1 Å². The molecule has 0 heterocycles. The van der Waals surface area contributed by atoms with Crippen LogP contribution in [0.15, 0.2) is 170 Å². The van der Waals surface area contributed by atoms with Crippen LogP contribution in [0.25, 0.3) is 75.8 Å². The first-order valence-electron chi connectivity index (χ1n) is 19.1. The summed E-state index contributed by atoms with van der Waals surface area (Å²) in [6.07, 6.45) is -1.66. The zero-order chi connectivity index (χ0) is 39.3. The molecular formula is C52H34O6. The fourth-order valence-corrected chi connectivity index (χ4v) is 8.33. The van der Waals surface area contributed by atoms with Crippen LogP contribution in [0.4, 0.5) is 9.59 Å². The van der Waals surface area contributed by atoms with Gasteiger partial charge in [0.25, 0.3) is 0 Å². The Morgan fingerprint density at radius 1 is 0.345 bits per heavy atom. The molecule has 6 nitrogen and oxygen atoms in total. The molecule has 0 aliphatic rings. The van der Waals surface area contributed by atoms with E-state index in [4.69, 9.17) is 18.9 Å². The zero-order valence-corrected chi connectivity index (χ0v) is 31.6. The highest BCUT2D eigenvalue weighted by Crippen LogP contribution is 2.51. The van der Waals surface area contributed by atoms with E-state index < -0.39 is 12.3 Å². The van der Waals surface area contributed by atoms with E-state index in [-0.39, 0.29) is 0 Å². The molecule has 0 aliphatic carbocycles. The summed E-state index contributed by atoms with van der Waals surface area (Å²) in [5.74, 6) is 1.61. The average Bonchev–Trinajstić information content (AvgIpc) is 3.24. The molecule has 0 N–H and O–H groups in total. The fourth-order valence-electron chi connectivity index (χ4n) is 8.33. The molecule has 10 rings (SSSR count). The molecule has 278 valence electrons. The van der Waals surface area contributed by atoms with Gasteiger partial charge in [0.15, 0.2) is 11.5 Å². The van der Waals surface area contributed by atoms with Crippen molar-refractivity contribution in [2.24, 2.45) is 0 Å². The third-order valence-corrected chi connectivity index (χ3v) is 10.9. The third kappa shape index (κ3) is 5.99. The van der Waals surface area contributed by atoms with E-state index in [2.05, 4.69) is 24.3 Å². The summed E-state index contributed by atoms with van der Waals surface area (Å²) in [6.45, 7) is 4.03. The predicted molar refractivity (Wildman–Crippen MR) is 233 cm³/mol. The summed E-state index contributed by atoms with van der Waals surface area (Å²) in [5.41, 5.74) is 3.78. The van der Waals surface area contributed by atoms with Gasteiger partial charge in [0.1, 0.15) is 11.5 Å². The van der Waals surface area contributed by atoms with E-state index >= 15 is 0 Å². The smallest absolute Gasteiger partial charge is 0.395 e. The Labute approximate surface area is 333 Å². The molecule has 0 saturated carbocycles. The minimum absolute atomic E-state index is 0.391. The van der Waals surface area contributed by atoms with E-state index in [0.29, 0.717) is 23.0 Å². The average molecular weight is 755 g/mol. The molecule has 0 fully saturated rings. The molecule has 0 spiro atoms. The quantitative estimate of drug-likeness (QED) is 0.0990. The highest BCUT2D eigenvalue weighted by molar-refractivity contribution is 6.27. The minimum Gasteiger partial charge on any atom is -0.395 e. The number of rotatable bonds is 5. The second-order valence-corrected chi connectivity index (χ2v) is 14.4. The Balaban J connectivity index is 1.14. The first kappa shape index (κ1) is 34.8. The summed E-state index contributed by atoms with van der Waals surface area (Å²) < 4.78 is 24.0. The van der Waals surface area contributed by atoms with Crippen LogP contribution in [0, 0.1) is 13.8 Å². The lowest BCUT2D eigenvalue weighted by Crippen LogP contribution is -2.15. The Bertz CT molecular complexity index is 3090. The van der Waals surface area contributed by atoms with Gasteiger partial charge in [-0.25, -0.2) is 9.59 Å². The van der Waals surface area contributed by atoms with Crippen LogP contribution in [0.3, 0.4) is 0 Å². The van der Waals surface area contributed by atoms with Gasteiger partial charge in [0.05, 0.1) is 0 Å². The predicted octanol–water partition coefficient (Wildman–Crippen LogP) is 14.0. The van der Waals surface area contributed by atoms with Gasteiger partial charge in [0.2, 0.25) is 0 Å². The monoisotopic (exact) mass is 754 g/mol. The summed E-state index contributed by atoms with van der Waals surface area (Å²) in [4.78, 5) is 27.3. The van der Waals surface area contributed by atoms with Crippen LogP contribution < -0.4 is 18.9 Å². The van der Waals surface area contributed by atoms with Crippen LogP contribution >= 0.6 is 0 Å². The summed E-state index contributed by atoms with van der Waals surface area (Å²) in [7, 11) is 0. The van der Waals surface area contributed by atoms with Gasteiger partial charge in [0, 0.05) is 21.5 Å². The van der Waals surface area contributed by atoms with Crippen molar-refractivity contribution in [3.05, 3.63) is 181 Å². The molecule has 0 amide bonds. The van der Waals surface area contributed by atoms with E-state index in [1.54, 1.807) is 12.1 Å². The topological polar surface area (TPSA) is 71.1 Å². The molecule has 6 heteroatoms. The highest BCUT2D eigenvalue weighted by atomic mass is 16.7. The lowest BCUT2D eigenvalue weighted by molar-refractivity contribution is 0.152. The molecule has 0 saturated heterocycles. The maximum Gasteiger partial charge on any atom is 0.519 e. The van der Waals surface area contributed by atoms with Crippen LogP contribution in [-0.2, 0) is 0 Å². The first-order chi connectivity index (χ1) is 28.4. The van der Waals surface area contributed by atoms with Crippen molar-refractivity contribution in [2.45, 2.75) is 13.8 Å². The summed E-state index contributed by atoms with van der Waals surface area (Å²) >= 11 is 0. The lowest BCUT2D eigenvalue weighted by Gasteiger charge is -2.22. The number of ether oxygens (including phenoxy) is 4. The van der Waals surface area contributed by atoms with Gasteiger partial charge in [-0.2, -0.15) is 0 Å². The maximum atomic E-state index is 13.7. The van der Waals surface area contributed by atoms with Crippen molar-refractivity contribution in [1.82, 2.24) is 0 Å². The lowest BCUT2D eigenvalue weighted by atomic mass is 9.84. The number of carbonyl (C=O) groups excluding carboxylic acids is 2. The van der Waals surface area contributed by atoms with Gasteiger partial charge in [-0.15, -0.1) is 0 Å². The van der Waals surface area contributed by atoms with Crippen LogP contribution in [0.5, 0.6) is 23.0 Å². The Kier molecular flexibility index (Phi) is 8.45. The van der Waals surface area contributed by atoms with Crippen molar-refractivity contribution in [1.29, 1.82) is 0 Å². The Morgan fingerprint density at radius 2 is 0.707 bits per heavy atom. The van der Waals surface area contributed by atoms with E-state index in [1.165, 1.54) is 0 Å². The Hall–Kier alpha value is -7.70. The molecule has 58 heavy (non-hydrogen) atoms. The zero-order valence-electron chi connectivity index (χ0n) is 31.6. The number of hydrogen-bond acceptors (Lipinski definition) is 6. The molecule has 0 radical (unpaired) electrons. The van der Waals surface area contributed by atoms with Crippen LogP contribution in [0.2, 0.25) is 0 Å². The molecule has 0 bridgehead atoms. The van der Waals surface area contributed by atoms with Crippen LogP contribution in [0.1, 0.15) is 11.1 Å². The molecule has 0 aliphatic heterocycles. The maximum absolute atomic E-state index is 13.7. The molecule has 0 unspecified atom stereocenters. The molecule has 0 atom stereocenters. The standard InChI is InChI=1S/C52H34O6/c1-31-13-11-23-43-45(31)49(57-51(53)55-37-27-25-33-15-3-5-17-35(33)29-37)41-21-9-7-19-39(41)47(43)48-40-20-8-10-22-42(40)50(46-32(2)14-12-24-44(46)48)58-52(54)56-38-28-26-34-16-4-6-18-36(34)30-38/h3-30H,1-2H3. The second-order valence-electron chi connectivity index (χ2n) is 14.4. The number of benzene rings is 10.